The Morgan fingerprint density at radius 3 is 2.75 bits per heavy atom. The highest BCUT2D eigenvalue weighted by Crippen LogP contribution is 2.25. The molecule has 2 N–H and O–H groups in total. The maximum atomic E-state index is 12.0. The highest BCUT2D eigenvalue weighted by molar-refractivity contribution is 5.84. The highest BCUT2D eigenvalue weighted by Gasteiger charge is 2.22. The Bertz CT molecular complexity index is 739. The second-order valence-corrected chi connectivity index (χ2v) is 6.00. The molecule has 0 aliphatic rings. The lowest BCUT2D eigenvalue weighted by molar-refractivity contribution is -0.122. The molecule has 0 spiro atoms. The topological polar surface area (TPSA) is 106 Å². The Morgan fingerprint density at radius 2 is 2.12 bits per heavy atom. The average Bonchev–Trinajstić information content (AvgIpc) is 3.02. The van der Waals surface area contributed by atoms with Crippen molar-refractivity contribution >= 4 is 11.9 Å². The minimum absolute atomic E-state index is 0.0888. The molecule has 0 bridgehead atoms. The van der Waals surface area contributed by atoms with Crippen LogP contribution in [0, 0.1) is 0 Å². The number of benzene rings is 1. The van der Waals surface area contributed by atoms with E-state index in [0.29, 0.717) is 6.54 Å². The van der Waals surface area contributed by atoms with Gasteiger partial charge in [-0.1, -0.05) is 31.2 Å². The zero-order valence-corrected chi connectivity index (χ0v) is 13.8. The standard InChI is InChI=1S/C16H20N4O4/c1-16(2,11-5-4-6-12(7-11)24-3)10-17-14(21)9-20-8-13(15(22)23)18-19-20/h4-8H,9-10H2,1-3H3,(H,17,21)(H,22,23). The van der Waals surface area contributed by atoms with E-state index >= 15 is 0 Å². The van der Waals surface area contributed by atoms with Crippen molar-refractivity contribution in [1.82, 2.24) is 20.3 Å². The smallest absolute Gasteiger partial charge is 0.358 e. The van der Waals surface area contributed by atoms with Gasteiger partial charge in [0.15, 0.2) is 5.69 Å². The second-order valence-electron chi connectivity index (χ2n) is 6.00. The summed E-state index contributed by atoms with van der Waals surface area (Å²) >= 11 is 0. The summed E-state index contributed by atoms with van der Waals surface area (Å²) in [4.78, 5) is 22.8. The van der Waals surface area contributed by atoms with Gasteiger partial charge in [-0.15, -0.1) is 5.10 Å². The average molecular weight is 332 g/mol. The van der Waals surface area contributed by atoms with Gasteiger partial charge in [0.25, 0.3) is 0 Å². The largest absolute Gasteiger partial charge is 0.497 e. The van der Waals surface area contributed by atoms with Crippen LogP contribution in [-0.2, 0) is 16.8 Å². The van der Waals surface area contributed by atoms with E-state index in [-0.39, 0.29) is 23.6 Å². The number of carbonyl (C=O) groups excluding carboxylic acids is 1. The first-order valence-corrected chi connectivity index (χ1v) is 7.36. The van der Waals surface area contributed by atoms with Crippen molar-refractivity contribution < 1.29 is 19.4 Å². The minimum atomic E-state index is -1.18. The monoisotopic (exact) mass is 332 g/mol. The van der Waals surface area contributed by atoms with E-state index in [1.165, 1.54) is 10.9 Å². The molecule has 8 nitrogen and oxygen atoms in total. The van der Waals surface area contributed by atoms with Gasteiger partial charge >= 0.3 is 5.97 Å². The van der Waals surface area contributed by atoms with E-state index in [0.717, 1.165) is 11.3 Å². The van der Waals surface area contributed by atoms with Crippen molar-refractivity contribution in [2.75, 3.05) is 13.7 Å². The van der Waals surface area contributed by atoms with Gasteiger partial charge in [0.05, 0.1) is 13.3 Å². The van der Waals surface area contributed by atoms with Crippen molar-refractivity contribution in [3.8, 4) is 5.75 Å². The molecule has 0 saturated heterocycles. The number of carbonyl (C=O) groups is 2. The van der Waals surface area contributed by atoms with Crippen LogP contribution in [0.4, 0.5) is 0 Å². The summed E-state index contributed by atoms with van der Waals surface area (Å²) in [6, 6.07) is 7.68. The number of aromatic nitrogens is 3. The van der Waals surface area contributed by atoms with Gasteiger partial charge in [0.2, 0.25) is 5.91 Å². The van der Waals surface area contributed by atoms with E-state index in [9.17, 15) is 9.59 Å². The van der Waals surface area contributed by atoms with E-state index < -0.39 is 5.97 Å². The van der Waals surface area contributed by atoms with Crippen molar-refractivity contribution in [2.45, 2.75) is 25.8 Å². The lowest BCUT2D eigenvalue weighted by Crippen LogP contribution is -2.38. The fourth-order valence-electron chi connectivity index (χ4n) is 2.14. The molecule has 2 aromatic rings. The number of ether oxygens (including phenoxy) is 1. The first kappa shape index (κ1) is 17.5. The molecule has 0 aliphatic heterocycles. The number of nitrogens with zero attached hydrogens (tertiary/aromatic N) is 3. The molecule has 1 aromatic heterocycles. The van der Waals surface area contributed by atoms with Gasteiger partial charge in [-0.3, -0.25) is 4.79 Å². The lowest BCUT2D eigenvalue weighted by Gasteiger charge is -2.26. The van der Waals surface area contributed by atoms with E-state index in [1.807, 2.05) is 38.1 Å². The third-order valence-electron chi connectivity index (χ3n) is 3.64. The van der Waals surface area contributed by atoms with Gasteiger partial charge < -0.3 is 15.2 Å². The van der Waals surface area contributed by atoms with Crippen molar-refractivity contribution in [3.05, 3.63) is 41.7 Å². The number of aromatic carboxylic acids is 1. The molecule has 0 unspecified atom stereocenters. The number of nitrogens with one attached hydrogen (secondary N) is 1. The lowest BCUT2D eigenvalue weighted by atomic mass is 9.84. The van der Waals surface area contributed by atoms with Crippen molar-refractivity contribution in [3.63, 3.8) is 0 Å². The van der Waals surface area contributed by atoms with Crippen LogP contribution in [0.1, 0.15) is 29.9 Å². The first-order chi connectivity index (χ1) is 11.3. The summed E-state index contributed by atoms with van der Waals surface area (Å²) in [5, 5.41) is 18.7. The molecule has 8 heteroatoms. The molecule has 2 rings (SSSR count). The summed E-state index contributed by atoms with van der Waals surface area (Å²) in [5.41, 5.74) is 0.550. The summed E-state index contributed by atoms with van der Waals surface area (Å²) in [6.07, 6.45) is 1.22. The molecule has 128 valence electrons. The Kier molecular flexibility index (Phi) is 5.18. The molecule has 24 heavy (non-hydrogen) atoms. The Labute approximate surface area is 139 Å². The summed E-state index contributed by atoms with van der Waals surface area (Å²) in [6.45, 7) is 4.36. The van der Waals surface area contributed by atoms with Crippen molar-refractivity contribution in [2.24, 2.45) is 0 Å². The third-order valence-corrected chi connectivity index (χ3v) is 3.64. The number of hydrogen-bond acceptors (Lipinski definition) is 5. The Hall–Kier alpha value is -2.90. The van der Waals surface area contributed by atoms with Crippen LogP contribution in [0.2, 0.25) is 0 Å². The third kappa shape index (κ3) is 4.31. The van der Waals surface area contributed by atoms with Crippen LogP contribution >= 0.6 is 0 Å². The van der Waals surface area contributed by atoms with E-state index in [1.54, 1.807) is 7.11 Å². The molecule has 1 aromatic carbocycles. The molecular weight excluding hydrogens is 312 g/mol. The predicted octanol–water partition coefficient (Wildman–Crippen LogP) is 1.08. The number of methoxy groups -OCH3 is 1. The second kappa shape index (κ2) is 7.12. The summed E-state index contributed by atoms with van der Waals surface area (Å²) < 4.78 is 6.41. The highest BCUT2D eigenvalue weighted by atomic mass is 16.5. The molecule has 0 fully saturated rings. The van der Waals surface area contributed by atoms with Gasteiger partial charge in [-0.05, 0) is 17.7 Å². The number of carboxylic acids is 1. The molecule has 0 saturated carbocycles. The van der Waals surface area contributed by atoms with Gasteiger partial charge in [-0.2, -0.15) is 0 Å². The Morgan fingerprint density at radius 1 is 1.38 bits per heavy atom. The molecule has 0 radical (unpaired) electrons. The molecule has 1 heterocycles. The van der Waals surface area contributed by atoms with Crippen LogP contribution < -0.4 is 10.1 Å². The fourth-order valence-corrected chi connectivity index (χ4v) is 2.14. The van der Waals surface area contributed by atoms with Crippen LogP contribution in [0.25, 0.3) is 0 Å². The van der Waals surface area contributed by atoms with Crippen molar-refractivity contribution in [1.29, 1.82) is 0 Å². The van der Waals surface area contributed by atoms with Crippen LogP contribution in [0.3, 0.4) is 0 Å². The van der Waals surface area contributed by atoms with Gasteiger partial charge in [-0.25, -0.2) is 9.48 Å². The predicted molar refractivity (Wildman–Crippen MR) is 86.0 cm³/mol. The maximum Gasteiger partial charge on any atom is 0.358 e. The quantitative estimate of drug-likeness (QED) is 0.786. The SMILES string of the molecule is COc1cccc(C(C)(C)CNC(=O)Cn2cc(C(=O)O)nn2)c1. The van der Waals surface area contributed by atoms with Crippen LogP contribution in [0.5, 0.6) is 5.75 Å². The van der Waals surface area contributed by atoms with E-state index in [4.69, 9.17) is 9.84 Å². The van der Waals surface area contributed by atoms with Gasteiger partial charge in [0.1, 0.15) is 12.3 Å². The fraction of sp³-hybridized carbons (Fsp3) is 0.375. The minimum Gasteiger partial charge on any atom is -0.497 e. The van der Waals surface area contributed by atoms with E-state index in [2.05, 4.69) is 15.6 Å². The number of rotatable bonds is 7. The normalized spacial score (nSPS) is 11.1. The summed E-state index contributed by atoms with van der Waals surface area (Å²) in [7, 11) is 1.61. The summed E-state index contributed by atoms with van der Waals surface area (Å²) in [5.74, 6) is -0.690. The van der Waals surface area contributed by atoms with Gasteiger partial charge in [0, 0.05) is 12.0 Å². The molecule has 0 atom stereocenters. The maximum absolute atomic E-state index is 12.0. The number of hydrogen-bond donors (Lipinski definition) is 2. The van der Waals surface area contributed by atoms with Crippen LogP contribution in [-0.4, -0.2) is 45.6 Å². The first-order valence-electron chi connectivity index (χ1n) is 7.36. The molecule has 0 aliphatic carbocycles. The zero-order valence-electron chi connectivity index (χ0n) is 13.8. The zero-order chi connectivity index (χ0) is 17.7. The molecular formula is C16H20N4O4. The molecule has 1 amide bonds. The number of amides is 1. The van der Waals surface area contributed by atoms with Crippen LogP contribution in [0.15, 0.2) is 30.5 Å². The Balaban J connectivity index is 1.95. The number of carboxylic acid groups (broad SMARTS) is 1.